The molecule has 9 heteroatoms. The van der Waals surface area contributed by atoms with E-state index in [1.54, 1.807) is 0 Å². The highest BCUT2D eigenvalue weighted by atomic mass is 16.5. The van der Waals surface area contributed by atoms with Crippen molar-refractivity contribution in [1.82, 2.24) is 15.6 Å². The average molecular weight is 425 g/mol. The Balaban J connectivity index is 1.77. The van der Waals surface area contributed by atoms with Crippen molar-refractivity contribution in [2.75, 3.05) is 13.7 Å². The number of amides is 1. The number of benzene rings is 2. The van der Waals surface area contributed by atoms with Crippen LogP contribution in [0.2, 0.25) is 0 Å². The molecule has 3 aromatic rings. The minimum Gasteiger partial charge on any atom is -0.479 e. The number of aromatic nitrogens is 1. The molecule has 0 radical (unpaired) electrons. The molecule has 0 aliphatic rings. The largest absolute Gasteiger partial charge is 0.479 e. The van der Waals surface area contributed by atoms with Gasteiger partial charge in [-0.1, -0.05) is 54.6 Å². The summed E-state index contributed by atoms with van der Waals surface area (Å²) in [5.41, 5.74) is 3.36. The van der Waals surface area contributed by atoms with Crippen molar-refractivity contribution < 1.29 is 29.1 Å². The number of nitrogens with zero attached hydrogens (tertiary/aromatic N) is 2. The molecule has 162 valence electrons. The van der Waals surface area contributed by atoms with Gasteiger partial charge in [0, 0.05) is 6.54 Å². The topological polar surface area (TPSA) is 125 Å². The Morgan fingerprint density at radius 2 is 1.77 bits per heavy atom. The number of hydrogen-bond acceptors (Lipinski definition) is 7. The maximum atomic E-state index is 12.5. The SMILES string of the molecule is COc1cc(C(=O)NN(Cc2ccc(-c3ccccc3)cc2)CC(C)(O)C(=O)O)on1. The van der Waals surface area contributed by atoms with Gasteiger partial charge in [0.05, 0.1) is 19.7 Å². The highest BCUT2D eigenvalue weighted by molar-refractivity contribution is 5.91. The third-order valence-electron chi connectivity index (χ3n) is 4.58. The molecule has 0 saturated carbocycles. The lowest BCUT2D eigenvalue weighted by atomic mass is 10.0. The molecule has 31 heavy (non-hydrogen) atoms. The third kappa shape index (κ3) is 5.68. The molecule has 3 N–H and O–H groups in total. The number of hydrazine groups is 1. The number of carboxylic acid groups (broad SMARTS) is 1. The fraction of sp³-hybridized carbons (Fsp3) is 0.227. The fourth-order valence-corrected chi connectivity index (χ4v) is 2.89. The minimum atomic E-state index is -2.09. The van der Waals surface area contributed by atoms with Gasteiger partial charge in [-0.15, -0.1) is 0 Å². The zero-order valence-electron chi connectivity index (χ0n) is 17.1. The lowest BCUT2D eigenvalue weighted by Crippen LogP contribution is -2.52. The van der Waals surface area contributed by atoms with Crippen molar-refractivity contribution >= 4 is 11.9 Å². The predicted octanol–water partition coefficient (Wildman–Crippen LogP) is 2.33. The van der Waals surface area contributed by atoms with Gasteiger partial charge in [-0.05, 0) is 28.8 Å². The summed E-state index contributed by atoms with van der Waals surface area (Å²) in [6, 6.07) is 18.7. The third-order valence-corrected chi connectivity index (χ3v) is 4.58. The standard InChI is InChI=1S/C22H23N3O6/c1-22(29,21(27)28)14-25(23-20(26)18-12-19(30-2)24-31-18)13-15-8-10-17(11-9-15)16-6-4-3-5-7-16/h3-12,29H,13-14H2,1-2H3,(H,23,26)(H,27,28). The molecule has 3 rings (SSSR count). The van der Waals surface area contributed by atoms with E-state index in [9.17, 15) is 19.8 Å². The lowest BCUT2D eigenvalue weighted by Gasteiger charge is -2.28. The summed E-state index contributed by atoms with van der Waals surface area (Å²) in [5.74, 6) is -2.05. The van der Waals surface area contributed by atoms with E-state index >= 15 is 0 Å². The first-order valence-electron chi connectivity index (χ1n) is 9.45. The fourth-order valence-electron chi connectivity index (χ4n) is 2.89. The van der Waals surface area contributed by atoms with E-state index in [2.05, 4.69) is 10.6 Å². The first kappa shape index (κ1) is 22.0. The minimum absolute atomic E-state index is 0.115. The van der Waals surface area contributed by atoms with E-state index in [0.717, 1.165) is 23.6 Å². The second-order valence-electron chi connectivity index (χ2n) is 7.17. The molecule has 1 heterocycles. The molecule has 0 aliphatic carbocycles. The van der Waals surface area contributed by atoms with Crippen molar-refractivity contribution in [3.8, 4) is 17.0 Å². The van der Waals surface area contributed by atoms with Gasteiger partial charge in [0.25, 0.3) is 5.88 Å². The van der Waals surface area contributed by atoms with Crippen LogP contribution >= 0.6 is 0 Å². The summed E-state index contributed by atoms with van der Waals surface area (Å²) in [5, 5.41) is 24.4. The summed E-state index contributed by atoms with van der Waals surface area (Å²) in [7, 11) is 1.38. The van der Waals surface area contributed by atoms with E-state index in [1.807, 2.05) is 54.6 Å². The zero-order chi connectivity index (χ0) is 22.4. The van der Waals surface area contributed by atoms with E-state index in [4.69, 9.17) is 9.26 Å². The maximum Gasteiger partial charge on any atom is 0.336 e. The molecule has 0 bridgehead atoms. The van der Waals surface area contributed by atoms with E-state index in [0.29, 0.717) is 0 Å². The summed E-state index contributed by atoms with van der Waals surface area (Å²) in [6.45, 7) is 0.944. The van der Waals surface area contributed by atoms with Gasteiger partial charge in [-0.25, -0.2) is 9.80 Å². The van der Waals surface area contributed by atoms with Crippen LogP contribution < -0.4 is 10.2 Å². The molecule has 0 aliphatic heterocycles. The van der Waals surface area contributed by atoms with Crippen LogP contribution in [0.25, 0.3) is 11.1 Å². The number of aliphatic carboxylic acids is 1. The van der Waals surface area contributed by atoms with Crippen LogP contribution in [0.15, 0.2) is 65.2 Å². The number of carbonyl (C=O) groups excluding carboxylic acids is 1. The summed E-state index contributed by atoms with van der Waals surface area (Å²) >= 11 is 0. The number of nitrogens with one attached hydrogen (secondary N) is 1. The number of hydrogen-bond donors (Lipinski definition) is 3. The molecular weight excluding hydrogens is 402 g/mol. The van der Waals surface area contributed by atoms with Crippen LogP contribution in [0, 0.1) is 0 Å². The van der Waals surface area contributed by atoms with Gasteiger partial charge in [0.1, 0.15) is 0 Å². The Labute approximate surface area is 178 Å². The Hall–Kier alpha value is -3.69. The first-order valence-corrected chi connectivity index (χ1v) is 9.45. The molecule has 2 aromatic carbocycles. The Kier molecular flexibility index (Phi) is 6.68. The normalized spacial score (nSPS) is 12.9. The van der Waals surface area contributed by atoms with Crippen molar-refractivity contribution in [1.29, 1.82) is 0 Å². The van der Waals surface area contributed by atoms with Crippen molar-refractivity contribution in [3.05, 3.63) is 72.0 Å². The second kappa shape index (κ2) is 9.41. The quantitative estimate of drug-likeness (QED) is 0.446. The molecule has 0 spiro atoms. The zero-order valence-corrected chi connectivity index (χ0v) is 17.1. The highest BCUT2D eigenvalue weighted by Crippen LogP contribution is 2.20. The monoisotopic (exact) mass is 425 g/mol. The van der Waals surface area contributed by atoms with Crippen LogP contribution in [-0.2, 0) is 11.3 Å². The van der Waals surface area contributed by atoms with Gasteiger partial charge in [0.2, 0.25) is 5.76 Å². The predicted molar refractivity (Wildman–Crippen MR) is 111 cm³/mol. The van der Waals surface area contributed by atoms with E-state index in [1.165, 1.54) is 18.2 Å². The van der Waals surface area contributed by atoms with Crippen molar-refractivity contribution in [3.63, 3.8) is 0 Å². The number of aliphatic hydroxyl groups is 1. The van der Waals surface area contributed by atoms with E-state index < -0.39 is 17.5 Å². The molecule has 1 unspecified atom stereocenters. The van der Waals surface area contributed by atoms with Crippen molar-refractivity contribution in [2.24, 2.45) is 0 Å². The molecule has 0 fully saturated rings. The number of methoxy groups -OCH3 is 1. The van der Waals surface area contributed by atoms with Crippen LogP contribution in [-0.4, -0.2) is 51.5 Å². The summed E-state index contributed by atoms with van der Waals surface area (Å²) < 4.78 is 9.81. The molecular formula is C22H23N3O6. The highest BCUT2D eigenvalue weighted by Gasteiger charge is 2.33. The van der Waals surface area contributed by atoms with Crippen molar-refractivity contribution in [2.45, 2.75) is 19.1 Å². The number of carbonyl (C=O) groups is 2. The Bertz CT molecular complexity index is 1030. The first-order chi connectivity index (χ1) is 14.8. The lowest BCUT2D eigenvalue weighted by molar-refractivity contribution is -0.159. The molecule has 1 amide bonds. The molecule has 1 atom stereocenters. The molecule has 9 nitrogen and oxygen atoms in total. The van der Waals surface area contributed by atoms with Crippen LogP contribution in [0.1, 0.15) is 23.0 Å². The van der Waals surface area contributed by atoms with E-state index in [-0.39, 0.29) is 24.7 Å². The number of ether oxygens (including phenoxy) is 1. The van der Waals surface area contributed by atoms with Crippen LogP contribution in [0.3, 0.4) is 0 Å². The number of rotatable bonds is 9. The van der Waals surface area contributed by atoms with Gasteiger partial charge < -0.3 is 19.5 Å². The Morgan fingerprint density at radius 3 is 2.35 bits per heavy atom. The second-order valence-corrected chi connectivity index (χ2v) is 7.17. The van der Waals surface area contributed by atoms with Gasteiger partial charge in [-0.2, -0.15) is 0 Å². The van der Waals surface area contributed by atoms with Crippen LogP contribution in [0.4, 0.5) is 0 Å². The Morgan fingerprint density at radius 1 is 1.13 bits per heavy atom. The number of carboxylic acids is 1. The molecule has 0 saturated heterocycles. The van der Waals surface area contributed by atoms with Crippen LogP contribution in [0.5, 0.6) is 5.88 Å². The summed E-state index contributed by atoms with van der Waals surface area (Å²) in [4.78, 5) is 23.9. The molecule has 1 aromatic heterocycles. The smallest absolute Gasteiger partial charge is 0.336 e. The average Bonchev–Trinajstić information content (AvgIpc) is 3.24. The van der Waals surface area contributed by atoms with Gasteiger partial charge in [-0.3, -0.25) is 10.2 Å². The van der Waals surface area contributed by atoms with Gasteiger partial charge >= 0.3 is 11.9 Å². The van der Waals surface area contributed by atoms with Gasteiger partial charge in [0.15, 0.2) is 5.60 Å². The summed E-state index contributed by atoms with van der Waals surface area (Å²) in [6.07, 6.45) is 0. The maximum absolute atomic E-state index is 12.5.